The zero-order chi connectivity index (χ0) is 13.4. The summed E-state index contributed by atoms with van der Waals surface area (Å²) in [5.41, 5.74) is -3.77. The third-order valence-electron chi connectivity index (χ3n) is 0.916. The highest BCUT2D eigenvalue weighted by Crippen LogP contribution is 2.37. The monoisotopic (exact) mass is 285 g/mol. The van der Waals surface area contributed by atoms with E-state index < -0.39 is 29.4 Å². The van der Waals surface area contributed by atoms with Gasteiger partial charge in [0.15, 0.2) is 0 Å². The molecule has 12 heteroatoms. The Labute approximate surface area is 86.5 Å². The van der Waals surface area contributed by atoms with Crippen molar-refractivity contribution in [2.24, 2.45) is 0 Å². The molecular weight excluding hydrogens is 284 g/mol. The summed E-state index contributed by atoms with van der Waals surface area (Å²) in [6, 6.07) is 0. The summed E-state index contributed by atoms with van der Waals surface area (Å²) in [5, 5.41) is -2.73. The van der Waals surface area contributed by atoms with Gasteiger partial charge in [-0.1, -0.05) is 11.6 Å². The predicted octanol–water partition coefficient (Wildman–Crippen LogP) is 3.39. The average Bonchev–Trinajstić information content (AvgIpc) is 1.92. The zero-order valence-electron chi connectivity index (χ0n) is 6.71. The van der Waals surface area contributed by atoms with Crippen LogP contribution in [-0.4, -0.2) is 29.4 Å². The first-order chi connectivity index (χ1) is 6.76. The summed E-state index contributed by atoms with van der Waals surface area (Å²) in [6.45, 7) is 0. The van der Waals surface area contributed by atoms with E-state index in [1.54, 1.807) is 0 Å². The van der Waals surface area contributed by atoms with Crippen molar-refractivity contribution in [1.29, 1.82) is 0 Å². The van der Waals surface area contributed by atoms with E-state index in [9.17, 15) is 39.5 Å². The first-order valence-electron chi connectivity index (χ1n) is 3.07. The first kappa shape index (κ1) is 15.6. The van der Waals surface area contributed by atoms with Crippen LogP contribution in [0.3, 0.4) is 0 Å². The van der Waals surface area contributed by atoms with Crippen molar-refractivity contribution in [3.8, 4) is 0 Å². The highest BCUT2D eigenvalue weighted by atomic mass is 35.5. The van der Waals surface area contributed by atoms with Crippen LogP contribution in [0, 0.1) is 0 Å². The molecule has 0 aromatic rings. The van der Waals surface area contributed by atoms with E-state index >= 15 is 0 Å². The Kier molecular flexibility index (Phi) is 4.33. The van der Waals surface area contributed by atoms with Gasteiger partial charge in [-0.3, -0.25) is 4.84 Å². The minimum atomic E-state index is -6.20. The van der Waals surface area contributed by atoms with E-state index in [-0.39, 0.29) is 0 Å². The van der Waals surface area contributed by atoms with E-state index in [0.717, 1.165) is 0 Å². The Morgan fingerprint density at radius 3 is 1.31 bits per heavy atom. The Bertz CT molecular complexity index is 217. The third kappa shape index (κ3) is 4.61. The lowest BCUT2D eigenvalue weighted by Crippen LogP contribution is -2.51. The molecule has 0 radical (unpaired) electrons. The molecule has 1 unspecified atom stereocenters. The maximum absolute atomic E-state index is 11.6. The second kappa shape index (κ2) is 4.45. The van der Waals surface area contributed by atoms with Crippen LogP contribution in [0.4, 0.5) is 39.5 Å². The van der Waals surface area contributed by atoms with Crippen molar-refractivity contribution in [2.45, 2.75) is 24.3 Å². The lowest BCUT2D eigenvalue weighted by Gasteiger charge is -2.27. The summed E-state index contributed by atoms with van der Waals surface area (Å²) in [7, 11) is 0. The van der Waals surface area contributed by atoms with E-state index in [1.165, 1.54) is 0 Å². The van der Waals surface area contributed by atoms with Gasteiger partial charge in [-0.05, 0) is 0 Å². The van der Waals surface area contributed by atoms with Gasteiger partial charge in [-0.25, -0.2) is 0 Å². The molecule has 0 fully saturated rings. The molecule has 0 bridgehead atoms. The van der Waals surface area contributed by atoms with Gasteiger partial charge >= 0.3 is 18.8 Å². The van der Waals surface area contributed by atoms with E-state index in [2.05, 4.69) is 16.4 Å². The second-order valence-corrected chi connectivity index (χ2v) is 2.59. The Hall–Kier alpha value is -0.420. The molecule has 0 aliphatic rings. The average molecular weight is 285 g/mol. The normalized spacial score (nSPS) is 16.7. The molecule has 0 spiro atoms. The van der Waals surface area contributed by atoms with Crippen molar-refractivity contribution in [1.82, 2.24) is 5.06 Å². The van der Waals surface area contributed by atoms with E-state index in [1.807, 2.05) is 0 Å². The van der Waals surface area contributed by atoms with Gasteiger partial charge in [-0.2, -0.15) is 39.5 Å². The number of halogens is 10. The zero-order valence-corrected chi connectivity index (χ0v) is 7.47. The molecule has 0 heterocycles. The van der Waals surface area contributed by atoms with Crippen LogP contribution in [0.5, 0.6) is 0 Å². The van der Waals surface area contributed by atoms with Crippen LogP contribution in [0.2, 0.25) is 0 Å². The van der Waals surface area contributed by atoms with Crippen LogP contribution in [0.15, 0.2) is 0 Å². The third-order valence-corrected chi connectivity index (χ3v) is 1.24. The number of hydrogen-bond donors (Lipinski definition) is 0. The van der Waals surface area contributed by atoms with Crippen molar-refractivity contribution in [3.63, 3.8) is 0 Å². The smallest absolute Gasteiger partial charge is 0.255 e. The topological polar surface area (TPSA) is 12.5 Å². The lowest BCUT2D eigenvalue weighted by molar-refractivity contribution is -0.495. The molecule has 0 rings (SSSR count). The second-order valence-electron chi connectivity index (χ2n) is 2.19. The Morgan fingerprint density at radius 1 is 0.812 bits per heavy atom. The molecule has 2 nitrogen and oxygen atoms in total. The number of nitrogens with zero attached hydrogens (tertiary/aromatic N) is 1. The fourth-order valence-electron chi connectivity index (χ4n) is 0.416. The van der Waals surface area contributed by atoms with Gasteiger partial charge < -0.3 is 0 Å². The molecule has 0 aromatic carbocycles. The van der Waals surface area contributed by atoms with E-state index in [0.29, 0.717) is 0 Å². The van der Waals surface area contributed by atoms with Gasteiger partial charge in [0.2, 0.25) is 5.56 Å². The summed E-state index contributed by atoms with van der Waals surface area (Å²) in [6.07, 6.45) is -18.0. The largest absolute Gasteiger partial charge is 0.490 e. The summed E-state index contributed by atoms with van der Waals surface area (Å²) in [4.78, 5) is 2.57. The van der Waals surface area contributed by atoms with Crippen LogP contribution < -0.4 is 0 Å². The van der Waals surface area contributed by atoms with Crippen LogP contribution in [0.25, 0.3) is 0 Å². The van der Waals surface area contributed by atoms with Gasteiger partial charge in [-0.15, -0.1) is 0 Å². The highest BCUT2D eigenvalue weighted by Gasteiger charge is 2.59. The quantitative estimate of drug-likeness (QED) is 0.334. The van der Waals surface area contributed by atoms with Crippen molar-refractivity contribution >= 4 is 11.6 Å². The van der Waals surface area contributed by atoms with Crippen molar-refractivity contribution in [3.05, 3.63) is 0 Å². The molecule has 16 heavy (non-hydrogen) atoms. The number of rotatable bonds is 2. The standard InChI is InChI=1S/C4HClF9NO/c5-1(2(6,7)8)16-15(3(9,10)11)4(12,13)14/h1H. The minimum absolute atomic E-state index is 2.57. The van der Waals surface area contributed by atoms with Crippen LogP contribution >= 0.6 is 11.6 Å². The molecule has 0 aliphatic heterocycles. The van der Waals surface area contributed by atoms with Crippen molar-refractivity contribution < 1.29 is 44.4 Å². The maximum Gasteiger partial charge on any atom is 0.490 e. The molecule has 0 saturated heterocycles. The number of hydrogen-bond acceptors (Lipinski definition) is 2. The Morgan fingerprint density at radius 2 is 1.12 bits per heavy atom. The maximum atomic E-state index is 11.6. The molecule has 0 amide bonds. The van der Waals surface area contributed by atoms with Gasteiger partial charge in [0, 0.05) is 5.06 Å². The number of alkyl halides is 10. The fourth-order valence-corrected chi connectivity index (χ4v) is 0.495. The minimum Gasteiger partial charge on any atom is -0.255 e. The first-order valence-corrected chi connectivity index (χ1v) is 3.51. The Balaban J connectivity index is 4.85. The number of hydroxylamine groups is 2. The predicted molar refractivity (Wildman–Crippen MR) is 30.7 cm³/mol. The van der Waals surface area contributed by atoms with Crippen LogP contribution in [-0.2, 0) is 4.84 Å². The summed E-state index contributed by atoms with van der Waals surface area (Å²) in [5.74, 6) is 0. The molecule has 0 N–H and O–H groups in total. The van der Waals surface area contributed by atoms with E-state index in [4.69, 9.17) is 0 Å². The lowest BCUT2D eigenvalue weighted by atomic mass is 10.7. The highest BCUT2D eigenvalue weighted by molar-refractivity contribution is 6.20. The molecule has 1 atom stereocenters. The summed E-state index contributed by atoms with van der Waals surface area (Å²) >= 11 is 4.17. The fraction of sp³-hybridized carbons (Fsp3) is 1.00. The van der Waals surface area contributed by atoms with Crippen molar-refractivity contribution in [2.75, 3.05) is 0 Å². The van der Waals surface area contributed by atoms with Gasteiger partial charge in [0.25, 0.3) is 0 Å². The molecule has 0 saturated carbocycles. The molecule has 0 aromatic heterocycles. The summed E-state index contributed by atoms with van der Waals surface area (Å²) < 4.78 is 104. The van der Waals surface area contributed by atoms with Crippen LogP contribution in [0.1, 0.15) is 0 Å². The molecule has 98 valence electrons. The SMILES string of the molecule is FC(F)(F)C(Cl)ON(C(F)(F)F)C(F)(F)F. The van der Waals surface area contributed by atoms with Gasteiger partial charge in [0.05, 0.1) is 0 Å². The molecular formula is C4HClF9NO. The molecule has 0 aliphatic carbocycles. The van der Waals surface area contributed by atoms with Gasteiger partial charge in [0.1, 0.15) is 0 Å².